The number of hydrogen-bond donors (Lipinski definition) is 2. The number of carbonyl (C=O) groups excluding carboxylic acids is 1. The number of nitrogens with zero attached hydrogens (tertiary/aromatic N) is 1. The first-order valence-electron chi connectivity index (χ1n) is 6.30. The lowest BCUT2D eigenvalue weighted by Gasteiger charge is -2.39. The summed E-state index contributed by atoms with van der Waals surface area (Å²) in [4.78, 5) is 24.6. The van der Waals surface area contributed by atoms with Gasteiger partial charge in [0.15, 0.2) is 0 Å². The van der Waals surface area contributed by atoms with E-state index in [-0.39, 0.29) is 23.7 Å². The van der Waals surface area contributed by atoms with Crippen molar-refractivity contribution in [1.29, 1.82) is 0 Å². The molecular weight excluding hydrogens is 252 g/mol. The highest BCUT2D eigenvalue weighted by Gasteiger charge is 2.28. The molecular formula is C12H22N2O3S. The van der Waals surface area contributed by atoms with Crippen molar-refractivity contribution in [3.63, 3.8) is 0 Å². The number of carboxylic acids is 1. The van der Waals surface area contributed by atoms with Crippen LogP contribution in [0.1, 0.15) is 33.1 Å². The fraction of sp³-hybridized carbons (Fsp3) is 0.833. The van der Waals surface area contributed by atoms with Gasteiger partial charge in [0.25, 0.3) is 0 Å². The van der Waals surface area contributed by atoms with Crippen LogP contribution < -0.4 is 5.73 Å². The molecule has 1 rings (SSSR count). The Morgan fingerprint density at radius 3 is 2.44 bits per heavy atom. The second-order valence-corrected chi connectivity index (χ2v) is 5.92. The molecule has 6 heteroatoms. The van der Waals surface area contributed by atoms with Crippen LogP contribution in [0.5, 0.6) is 0 Å². The summed E-state index contributed by atoms with van der Waals surface area (Å²) in [5.41, 5.74) is 5.39. The third-order valence-corrected chi connectivity index (χ3v) is 4.37. The van der Waals surface area contributed by atoms with Crippen molar-refractivity contribution in [3.05, 3.63) is 0 Å². The quantitative estimate of drug-likeness (QED) is 0.779. The SMILES string of the molecule is CC1CCCC(C)N1C(=O)CSC[C@@H](N)C(=O)O. The maximum absolute atomic E-state index is 12.1. The standard InChI is InChI=1S/C12H22N2O3S/c1-8-4-3-5-9(2)14(8)11(15)7-18-6-10(13)12(16)17/h8-10H,3-7,13H2,1-2H3,(H,16,17)/t8?,9?,10-/m1/s1. The Bertz CT molecular complexity index is 302. The number of carbonyl (C=O) groups is 2. The average Bonchev–Trinajstić information content (AvgIpc) is 2.28. The van der Waals surface area contributed by atoms with Crippen LogP contribution in [0.4, 0.5) is 0 Å². The Balaban J connectivity index is 2.37. The first kappa shape index (κ1) is 15.3. The van der Waals surface area contributed by atoms with Gasteiger partial charge in [-0.05, 0) is 33.1 Å². The fourth-order valence-electron chi connectivity index (χ4n) is 2.33. The maximum atomic E-state index is 12.1. The van der Waals surface area contributed by atoms with Crippen molar-refractivity contribution in [3.8, 4) is 0 Å². The summed E-state index contributed by atoms with van der Waals surface area (Å²) in [6.45, 7) is 4.14. The van der Waals surface area contributed by atoms with E-state index in [2.05, 4.69) is 13.8 Å². The van der Waals surface area contributed by atoms with Crippen molar-refractivity contribution in [1.82, 2.24) is 4.90 Å². The van der Waals surface area contributed by atoms with Crippen molar-refractivity contribution in [2.24, 2.45) is 5.73 Å². The Labute approximate surface area is 112 Å². The molecule has 1 aliphatic rings. The molecule has 0 aromatic carbocycles. The van der Waals surface area contributed by atoms with Gasteiger partial charge in [0.2, 0.25) is 5.91 Å². The Kier molecular flexibility index (Phi) is 5.95. The zero-order chi connectivity index (χ0) is 13.7. The summed E-state index contributed by atoms with van der Waals surface area (Å²) in [7, 11) is 0. The lowest BCUT2D eigenvalue weighted by molar-refractivity contribution is -0.138. The van der Waals surface area contributed by atoms with Gasteiger partial charge in [0.05, 0.1) is 5.75 Å². The van der Waals surface area contributed by atoms with Crippen LogP contribution in [-0.2, 0) is 9.59 Å². The van der Waals surface area contributed by atoms with Gasteiger partial charge in [0, 0.05) is 17.8 Å². The number of carboxylic acid groups (broad SMARTS) is 1. The number of piperidine rings is 1. The summed E-state index contributed by atoms with van der Waals surface area (Å²) in [6.07, 6.45) is 3.27. The molecule has 5 nitrogen and oxygen atoms in total. The molecule has 1 fully saturated rings. The van der Waals surface area contributed by atoms with E-state index in [1.165, 1.54) is 18.2 Å². The van der Waals surface area contributed by atoms with Gasteiger partial charge >= 0.3 is 5.97 Å². The number of thioether (sulfide) groups is 1. The molecule has 2 unspecified atom stereocenters. The normalized spacial score (nSPS) is 25.8. The summed E-state index contributed by atoms with van der Waals surface area (Å²) < 4.78 is 0. The number of hydrogen-bond acceptors (Lipinski definition) is 4. The summed E-state index contributed by atoms with van der Waals surface area (Å²) in [5.74, 6) is -0.334. The highest BCUT2D eigenvalue weighted by Crippen LogP contribution is 2.23. The van der Waals surface area contributed by atoms with E-state index in [9.17, 15) is 9.59 Å². The molecule has 1 saturated heterocycles. The third-order valence-electron chi connectivity index (χ3n) is 3.32. The lowest BCUT2D eigenvalue weighted by Crippen LogP contribution is -2.48. The number of nitrogens with two attached hydrogens (primary N) is 1. The van der Waals surface area contributed by atoms with E-state index in [1.54, 1.807) is 0 Å². The second kappa shape index (κ2) is 6.99. The van der Waals surface area contributed by atoms with E-state index in [4.69, 9.17) is 10.8 Å². The van der Waals surface area contributed by atoms with Crippen LogP contribution in [0.15, 0.2) is 0 Å². The number of rotatable bonds is 5. The molecule has 0 bridgehead atoms. The number of amides is 1. The van der Waals surface area contributed by atoms with Gasteiger partial charge in [-0.25, -0.2) is 0 Å². The van der Waals surface area contributed by atoms with E-state index in [1.807, 2.05) is 4.90 Å². The number of aliphatic carboxylic acids is 1. The molecule has 18 heavy (non-hydrogen) atoms. The molecule has 1 aliphatic heterocycles. The largest absolute Gasteiger partial charge is 0.480 e. The lowest BCUT2D eigenvalue weighted by atomic mass is 9.98. The van der Waals surface area contributed by atoms with Gasteiger partial charge in [-0.2, -0.15) is 0 Å². The van der Waals surface area contributed by atoms with Gasteiger partial charge < -0.3 is 15.7 Å². The number of likely N-dealkylation sites (tertiary alicyclic amines) is 1. The molecule has 0 aromatic heterocycles. The van der Waals surface area contributed by atoms with Crippen molar-refractivity contribution >= 4 is 23.6 Å². The van der Waals surface area contributed by atoms with Gasteiger partial charge in [-0.3, -0.25) is 9.59 Å². The molecule has 0 aromatic rings. The summed E-state index contributed by atoms with van der Waals surface area (Å²) >= 11 is 1.30. The molecule has 0 radical (unpaired) electrons. The fourth-order valence-corrected chi connectivity index (χ4v) is 3.17. The predicted molar refractivity (Wildman–Crippen MR) is 72.6 cm³/mol. The third kappa shape index (κ3) is 4.17. The molecule has 1 heterocycles. The summed E-state index contributed by atoms with van der Waals surface area (Å²) in [6, 6.07) is -0.316. The van der Waals surface area contributed by atoms with Crippen LogP contribution >= 0.6 is 11.8 Å². The molecule has 0 aliphatic carbocycles. The van der Waals surface area contributed by atoms with E-state index in [0.717, 1.165) is 12.8 Å². The van der Waals surface area contributed by atoms with Crippen LogP contribution in [0.2, 0.25) is 0 Å². The zero-order valence-corrected chi connectivity index (χ0v) is 11.8. The molecule has 104 valence electrons. The van der Waals surface area contributed by atoms with E-state index >= 15 is 0 Å². The predicted octanol–water partition coefficient (Wildman–Crippen LogP) is 0.921. The minimum absolute atomic E-state index is 0.0947. The molecule has 1 amide bonds. The first-order chi connectivity index (χ1) is 8.43. The van der Waals surface area contributed by atoms with Crippen molar-refractivity contribution in [2.45, 2.75) is 51.2 Å². The zero-order valence-electron chi connectivity index (χ0n) is 11.0. The minimum atomic E-state index is -1.02. The molecule has 0 saturated carbocycles. The van der Waals surface area contributed by atoms with E-state index < -0.39 is 12.0 Å². The Hall–Kier alpha value is -0.750. The smallest absolute Gasteiger partial charge is 0.321 e. The van der Waals surface area contributed by atoms with Gasteiger partial charge in [-0.15, -0.1) is 11.8 Å². The van der Waals surface area contributed by atoms with Gasteiger partial charge in [0.1, 0.15) is 6.04 Å². The topological polar surface area (TPSA) is 83.6 Å². The van der Waals surface area contributed by atoms with Gasteiger partial charge in [-0.1, -0.05) is 0 Å². The Morgan fingerprint density at radius 2 is 1.94 bits per heavy atom. The first-order valence-corrected chi connectivity index (χ1v) is 7.46. The monoisotopic (exact) mass is 274 g/mol. The van der Waals surface area contributed by atoms with Crippen LogP contribution in [-0.4, -0.2) is 51.5 Å². The van der Waals surface area contributed by atoms with Crippen molar-refractivity contribution in [2.75, 3.05) is 11.5 Å². The summed E-state index contributed by atoms with van der Waals surface area (Å²) in [5, 5.41) is 8.65. The molecule has 3 atom stereocenters. The Morgan fingerprint density at radius 1 is 1.39 bits per heavy atom. The van der Waals surface area contributed by atoms with Crippen LogP contribution in [0.3, 0.4) is 0 Å². The second-order valence-electron chi connectivity index (χ2n) is 4.89. The highest BCUT2D eigenvalue weighted by atomic mass is 32.2. The minimum Gasteiger partial charge on any atom is -0.480 e. The van der Waals surface area contributed by atoms with E-state index in [0.29, 0.717) is 5.75 Å². The van der Waals surface area contributed by atoms with Crippen LogP contribution in [0.25, 0.3) is 0 Å². The molecule has 0 spiro atoms. The highest BCUT2D eigenvalue weighted by molar-refractivity contribution is 8.00. The molecule has 3 N–H and O–H groups in total. The van der Waals surface area contributed by atoms with Crippen molar-refractivity contribution < 1.29 is 14.7 Å². The average molecular weight is 274 g/mol. The van der Waals surface area contributed by atoms with Crippen LogP contribution in [0, 0.1) is 0 Å². The maximum Gasteiger partial charge on any atom is 0.321 e.